The Morgan fingerprint density at radius 1 is 0.968 bits per heavy atom. The molecule has 0 N–H and O–H groups in total. The fourth-order valence-electron chi connectivity index (χ4n) is 5.83. The van der Waals surface area contributed by atoms with Crippen LogP contribution in [0.3, 0.4) is 0 Å². The Balaban J connectivity index is 1.75. The summed E-state index contributed by atoms with van der Waals surface area (Å²) in [6.45, 7) is 3.76. The van der Waals surface area contributed by atoms with Gasteiger partial charge < -0.3 is 0 Å². The minimum absolute atomic E-state index is 0.00611. The van der Waals surface area contributed by atoms with Crippen molar-refractivity contribution in [1.82, 2.24) is 0 Å². The van der Waals surface area contributed by atoms with E-state index in [1.807, 2.05) is 0 Å². The van der Waals surface area contributed by atoms with E-state index >= 15 is 0 Å². The highest BCUT2D eigenvalue weighted by Crippen LogP contribution is 2.55. The minimum Gasteiger partial charge on any atom is -0.207 e. The van der Waals surface area contributed by atoms with E-state index < -0.39 is 29.2 Å². The monoisotopic (exact) mass is 438 g/mol. The lowest BCUT2D eigenvalue weighted by molar-refractivity contribution is -0.140. The zero-order valence-corrected chi connectivity index (χ0v) is 17.0. The molecule has 6 heteroatoms. The van der Waals surface area contributed by atoms with Crippen LogP contribution in [0.25, 0.3) is 0 Å². The lowest BCUT2D eigenvalue weighted by Crippen LogP contribution is -2.35. The van der Waals surface area contributed by atoms with E-state index in [0.717, 1.165) is 43.9 Å². The summed E-state index contributed by atoms with van der Waals surface area (Å²) in [5.41, 5.74) is 0.455. The van der Waals surface area contributed by atoms with Crippen LogP contribution < -0.4 is 0 Å². The van der Waals surface area contributed by atoms with Crippen LogP contribution in [0.5, 0.6) is 0 Å². The van der Waals surface area contributed by atoms with Crippen LogP contribution in [0.15, 0.2) is 43.0 Å². The van der Waals surface area contributed by atoms with Crippen molar-refractivity contribution in [2.45, 2.75) is 56.5 Å². The highest BCUT2D eigenvalue weighted by atomic mass is 19.4. The third-order valence-corrected chi connectivity index (χ3v) is 7.08. The standard InChI is InChI=1S/C25H24F6/c1-2-3-4-14-5-7-17-19(9-8-18-20(17)12-16(26)13-22(18)27)24(14)15-6-10-21(23(28)11-15)25(29,30)31/h2,6,10-14,17,19,24H,1,3-5,7-9H2/t14-,17-,19+,24-/m1/s1. The van der Waals surface area contributed by atoms with Gasteiger partial charge in [-0.05, 0) is 97.1 Å². The van der Waals surface area contributed by atoms with Crippen LogP contribution in [0.1, 0.15) is 66.2 Å². The predicted molar refractivity (Wildman–Crippen MR) is 107 cm³/mol. The fraction of sp³-hybridized carbons (Fsp3) is 0.440. The van der Waals surface area contributed by atoms with Gasteiger partial charge in [0.25, 0.3) is 0 Å². The quantitative estimate of drug-likeness (QED) is 0.336. The number of hydrogen-bond donors (Lipinski definition) is 0. The van der Waals surface area contributed by atoms with Crippen LogP contribution in [0.4, 0.5) is 26.3 Å². The van der Waals surface area contributed by atoms with E-state index in [0.29, 0.717) is 29.5 Å². The number of fused-ring (bicyclic) bond motifs is 3. The molecule has 1 saturated carbocycles. The molecule has 0 nitrogen and oxygen atoms in total. The zero-order valence-electron chi connectivity index (χ0n) is 17.0. The molecule has 0 aliphatic heterocycles. The predicted octanol–water partition coefficient (Wildman–Crippen LogP) is 7.93. The van der Waals surface area contributed by atoms with Crippen LogP contribution in [0.2, 0.25) is 0 Å². The number of benzene rings is 2. The molecular weight excluding hydrogens is 414 g/mol. The Labute approximate surface area is 178 Å². The van der Waals surface area contributed by atoms with Crippen molar-refractivity contribution in [2.24, 2.45) is 11.8 Å². The van der Waals surface area contributed by atoms with E-state index in [-0.39, 0.29) is 23.7 Å². The molecule has 2 aliphatic carbocycles. The van der Waals surface area contributed by atoms with Gasteiger partial charge in [-0.1, -0.05) is 12.1 Å². The van der Waals surface area contributed by atoms with Crippen LogP contribution in [-0.2, 0) is 12.6 Å². The summed E-state index contributed by atoms with van der Waals surface area (Å²) in [4.78, 5) is 0. The Bertz CT molecular complexity index is 977. The normalized spacial score (nSPS) is 25.6. The van der Waals surface area contributed by atoms with Gasteiger partial charge in [0.1, 0.15) is 17.5 Å². The first-order valence-corrected chi connectivity index (χ1v) is 10.7. The van der Waals surface area contributed by atoms with Crippen molar-refractivity contribution in [3.8, 4) is 0 Å². The number of allylic oxidation sites excluding steroid dienone is 1. The van der Waals surface area contributed by atoms with E-state index in [9.17, 15) is 26.3 Å². The summed E-state index contributed by atoms with van der Waals surface area (Å²) >= 11 is 0. The van der Waals surface area contributed by atoms with Crippen LogP contribution in [0, 0.1) is 29.3 Å². The molecule has 4 atom stereocenters. The first kappa shape index (κ1) is 22.0. The fourth-order valence-corrected chi connectivity index (χ4v) is 5.83. The Morgan fingerprint density at radius 2 is 1.74 bits per heavy atom. The molecule has 0 unspecified atom stereocenters. The molecule has 0 radical (unpaired) electrons. The van der Waals surface area contributed by atoms with Crippen molar-refractivity contribution in [3.63, 3.8) is 0 Å². The van der Waals surface area contributed by atoms with Crippen molar-refractivity contribution < 1.29 is 26.3 Å². The summed E-state index contributed by atoms with van der Waals surface area (Å²) in [5.74, 6) is -2.56. The van der Waals surface area contributed by atoms with Crippen LogP contribution in [-0.4, -0.2) is 0 Å². The molecule has 0 heterocycles. The lowest BCUT2D eigenvalue weighted by atomic mass is 9.57. The van der Waals surface area contributed by atoms with Crippen molar-refractivity contribution in [3.05, 3.63) is 82.7 Å². The first-order valence-electron chi connectivity index (χ1n) is 10.7. The average molecular weight is 438 g/mol. The second-order valence-electron chi connectivity index (χ2n) is 8.73. The van der Waals surface area contributed by atoms with Gasteiger partial charge in [0.15, 0.2) is 0 Å². The second-order valence-corrected chi connectivity index (χ2v) is 8.73. The molecule has 4 rings (SSSR count). The number of alkyl halides is 3. The topological polar surface area (TPSA) is 0 Å². The van der Waals surface area contributed by atoms with E-state index in [2.05, 4.69) is 6.58 Å². The van der Waals surface area contributed by atoms with Crippen molar-refractivity contribution >= 4 is 0 Å². The summed E-state index contributed by atoms with van der Waals surface area (Å²) in [7, 11) is 0. The van der Waals surface area contributed by atoms with Crippen molar-refractivity contribution in [2.75, 3.05) is 0 Å². The molecule has 31 heavy (non-hydrogen) atoms. The minimum atomic E-state index is -4.75. The Morgan fingerprint density at radius 3 is 2.42 bits per heavy atom. The van der Waals surface area contributed by atoms with Crippen molar-refractivity contribution in [1.29, 1.82) is 0 Å². The molecule has 2 aromatic carbocycles. The lowest BCUT2D eigenvalue weighted by Gasteiger charge is -2.47. The summed E-state index contributed by atoms with van der Waals surface area (Å²) < 4.78 is 81.9. The third-order valence-electron chi connectivity index (χ3n) is 7.08. The smallest absolute Gasteiger partial charge is 0.207 e. The maximum absolute atomic E-state index is 14.4. The average Bonchev–Trinajstić information content (AvgIpc) is 2.70. The third kappa shape index (κ3) is 4.13. The van der Waals surface area contributed by atoms with Gasteiger partial charge in [-0.3, -0.25) is 0 Å². The van der Waals surface area contributed by atoms with Gasteiger partial charge in [0.2, 0.25) is 0 Å². The largest absolute Gasteiger partial charge is 0.419 e. The molecule has 166 valence electrons. The molecule has 0 spiro atoms. The maximum atomic E-state index is 14.4. The number of hydrogen-bond acceptors (Lipinski definition) is 0. The maximum Gasteiger partial charge on any atom is 0.419 e. The van der Waals surface area contributed by atoms with E-state index in [4.69, 9.17) is 0 Å². The molecular formula is C25H24F6. The van der Waals surface area contributed by atoms with Gasteiger partial charge in [-0.25, -0.2) is 13.2 Å². The van der Waals surface area contributed by atoms with Crippen LogP contribution >= 0.6 is 0 Å². The number of halogens is 6. The SMILES string of the molecule is C=CCC[C@@H]1CC[C@H]2c3cc(F)cc(F)c3CC[C@@H]2[C@H]1c1ccc(C(F)(F)F)c(F)c1. The van der Waals surface area contributed by atoms with E-state index in [1.165, 1.54) is 12.1 Å². The van der Waals surface area contributed by atoms with Gasteiger partial charge >= 0.3 is 6.18 Å². The molecule has 0 saturated heterocycles. The molecule has 2 aliphatic rings. The second kappa shape index (κ2) is 8.36. The molecule has 1 fully saturated rings. The summed E-state index contributed by atoms with van der Waals surface area (Å²) in [6.07, 6.45) is 1.19. The highest BCUT2D eigenvalue weighted by molar-refractivity contribution is 5.38. The zero-order chi connectivity index (χ0) is 22.3. The molecule has 0 aromatic heterocycles. The van der Waals surface area contributed by atoms with Gasteiger partial charge in [-0.2, -0.15) is 13.2 Å². The summed E-state index contributed by atoms with van der Waals surface area (Å²) in [6, 6.07) is 5.50. The van der Waals surface area contributed by atoms with Gasteiger partial charge in [0.05, 0.1) is 5.56 Å². The van der Waals surface area contributed by atoms with Gasteiger partial charge in [-0.15, -0.1) is 6.58 Å². The Hall–Kier alpha value is -2.24. The number of rotatable bonds is 4. The first-order chi connectivity index (χ1) is 14.7. The van der Waals surface area contributed by atoms with Gasteiger partial charge in [0, 0.05) is 6.07 Å². The molecule has 0 bridgehead atoms. The Kier molecular flexibility index (Phi) is 5.93. The summed E-state index contributed by atoms with van der Waals surface area (Å²) in [5, 5.41) is 0. The molecule has 2 aromatic rings. The molecule has 0 amide bonds. The van der Waals surface area contributed by atoms with E-state index in [1.54, 1.807) is 6.08 Å². The highest BCUT2D eigenvalue weighted by Gasteiger charge is 2.44.